The molecule has 1 N–H and O–H groups in total. The minimum atomic E-state index is -3.60. The number of nitrogens with zero attached hydrogens (tertiary/aromatic N) is 1. The van der Waals surface area contributed by atoms with E-state index in [1.807, 2.05) is 13.8 Å². The number of benzene rings is 1. The number of carbonyl (C=O) groups is 1. The highest BCUT2D eigenvalue weighted by Crippen LogP contribution is 2.26. The molecule has 20 heavy (non-hydrogen) atoms. The Hall–Kier alpha value is -0.920. The SMILES string of the molecule is CCCN(CCC)S(=O)(=O)c1ccc(C(=O)O)cc1Br. The number of carboxylic acid groups (broad SMARTS) is 1. The van der Waals surface area contributed by atoms with Gasteiger partial charge in [-0.2, -0.15) is 4.31 Å². The Bertz CT molecular complexity index is 580. The van der Waals surface area contributed by atoms with Crippen LogP contribution in [0.3, 0.4) is 0 Å². The average molecular weight is 364 g/mol. The smallest absolute Gasteiger partial charge is 0.335 e. The summed E-state index contributed by atoms with van der Waals surface area (Å²) >= 11 is 3.15. The molecule has 0 bridgehead atoms. The first-order valence-electron chi connectivity index (χ1n) is 6.37. The maximum Gasteiger partial charge on any atom is 0.335 e. The van der Waals surface area contributed by atoms with Gasteiger partial charge in [-0.05, 0) is 47.0 Å². The van der Waals surface area contributed by atoms with E-state index in [-0.39, 0.29) is 14.9 Å². The molecule has 0 amide bonds. The van der Waals surface area contributed by atoms with E-state index in [1.54, 1.807) is 0 Å². The monoisotopic (exact) mass is 363 g/mol. The zero-order chi connectivity index (χ0) is 15.3. The predicted molar refractivity (Wildman–Crippen MR) is 80.4 cm³/mol. The first-order chi connectivity index (χ1) is 9.34. The lowest BCUT2D eigenvalue weighted by molar-refractivity contribution is 0.0696. The Kier molecular flexibility index (Phi) is 6.16. The van der Waals surface area contributed by atoms with Crippen molar-refractivity contribution >= 4 is 31.9 Å². The number of sulfonamides is 1. The summed E-state index contributed by atoms with van der Waals surface area (Å²) in [6.07, 6.45) is 1.45. The second-order valence-corrected chi connectivity index (χ2v) is 7.12. The molecule has 0 radical (unpaired) electrons. The van der Waals surface area contributed by atoms with Crippen LogP contribution in [0.1, 0.15) is 37.0 Å². The Morgan fingerprint density at radius 1 is 1.25 bits per heavy atom. The summed E-state index contributed by atoms with van der Waals surface area (Å²) in [7, 11) is -3.60. The molecule has 112 valence electrons. The molecule has 0 saturated heterocycles. The molecule has 0 heterocycles. The Balaban J connectivity index is 3.23. The molecule has 1 aromatic rings. The lowest BCUT2D eigenvalue weighted by Gasteiger charge is -2.21. The molecule has 0 spiro atoms. The Morgan fingerprint density at radius 3 is 2.20 bits per heavy atom. The minimum absolute atomic E-state index is 0.0494. The van der Waals surface area contributed by atoms with Crippen LogP contribution in [0.25, 0.3) is 0 Å². The van der Waals surface area contributed by atoms with Crippen LogP contribution in [0.5, 0.6) is 0 Å². The lowest BCUT2D eigenvalue weighted by atomic mass is 10.2. The summed E-state index contributed by atoms with van der Waals surface area (Å²) < 4.78 is 26.8. The maximum atomic E-state index is 12.6. The molecule has 0 unspecified atom stereocenters. The molecule has 5 nitrogen and oxygen atoms in total. The number of halogens is 1. The van der Waals surface area contributed by atoms with E-state index in [9.17, 15) is 13.2 Å². The van der Waals surface area contributed by atoms with E-state index in [1.165, 1.54) is 22.5 Å². The molecular formula is C13H18BrNO4S. The highest BCUT2D eigenvalue weighted by Gasteiger charge is 2.25. The first-order valence-corrected chi connectivity index (χ1v) is 8.60. The van der Waals surface area contributed by atoms with Crippen LogP contribution in [0.4, 0.5) is 0 Å². The van der Waals surface area contributed by atoms with Crippen LogP contribution in [0, 0.1) is 0 Å². The van der Waals surface area contributed by atoms with Crippen molar-refractivity contribution in [1.29, 1.82) is 0 Å². The number of rotatable bonds is 7. The van der Waals surface area contributed by atoms with E-state index in [0.29, 0.717) is 13.1 Å². The fourth-order valence-corrected chi connectivity index (χ4v) is 4.49. The molecule has 7 heteroatoms. The lowest BCUT2D eigenvalue weighted by Crippen LogP contribution is -2.32. The average Bonchev–Trinajstić information content (AvgIpc) is 2.37. The summed E-state index contributed by atoms with van der Waals surface area (Å²) in [4.78, 5) is 11.0. The first kappa shape index (κ1) is 17.1. The standard InChI is InChI=1S/C13H18BrNO4S/c1-3-7-15(8-4-2)20(18,19)12-6-5-10(13(16)17)9-11(12)14/h5-6,9H,3-4,7-8H2,1-2H3,(H,16,17). The summed E-state index contributed by atoms with van der Waals surface area (Å²) in [6, 6.07) is 3.95. The fourth-order valence-electron chi connectivity index (χ4n) is 1.83. The molecule has 0 aliphatic heterocycles. The van der Waals surface area contributed by atoms with Crippen LogP contribution >= 0.6 is 15.9 Å². The van der Waals surface area contributed by atoms with Gasteiger partial charge in [-0.3, -0.25) is 0 Å². The molecule has 0 aromatic heterocycles. The van der Waals surface area contributed by atoms with Gasteiger partial charge in [0, 0.05) is 17.6 Å². The van der Waals surface area contributed by atoms with Gasteiger partial charge in [0.2, 0.25) is 10.0 Å². The fraction of sp³-hybridized carbons (Fsp3) is 0.462. The summed E-state index contributed by atoms with van der Waals surface area (Å²) in [5, 5.41) is 8.90. The van der Waals surface area contributed by atoms with Gasteiger partial charge < -0.3 is 5.11 Å². The zero-order valence-corrected chi connectivity index (χ0v) is 13.9. The minimum Gasteiger partial charge on any atom is -0.478 e. The molecule has 0 fully saturated rings. The maximum absolute atomic E-state index is 12.6. The van der Waals surface area contributed by atoms with Crippen molar-refractivity contribution in [1.82, 2.24) is 4.31 Å². The van der Waals surface area contributed by atoms with Crippen molar-refractivity contribution in [3.05, 3.63) is 28.2 Å². The van der Waals surface area contributed by atoms with E-state index in [2.05, 4.69) is 15.9 Å². The van der Waals surface area contributed by atoms with Gasteiger partial charge >= 0.3 is 5.97 Å². The van der Waals surface area contributed by atoms with Crippen molar-refractivity contribution in [3.63, 3.8) is 0 Å². The number of aromatic carboxylic acids is 1. The predicted octanol–water partition coefficient (Wildman–Crippen LogP) is 2.96. The van der Waals surface area contributed by atoms with Gasteiger partial charge in [-0.1, -0.05) is 13.8 Å². The third-order valence-electron chi connectivity index (χ3n) is 2.74. The Labute approximate surface area is 127 Å². The van der Waals surface area contributed by atoms with Crippen LogP contribution in [0.15, 0.2) is 27.6 Å². The van der Waals surface area contributed by atoms with E-state index in [4.69, 9.17) is 5.11 Å². The molecular weight excluding hydrogens is 346 g/mol. The van der Waals surface area contributed by atoms with Gasteiger partial charge in [0.15, 0.2) is 0 Å². The van der Waals surface area contributed by atoms with Crippen LogP contribution in [0.2, 0.25) is 0 Å². The quantitative estimate of drug-likeness (QED) is 0.807. The van der Waals surface area contributed by atoms with Crippen LogP contribution < -0.4 is 0 Å². The van der Waals surface area contributed by atoms with E-state index in [0.717, 1.165) is 12.8 Å². The number of hydrogen-bond donors (Lipinski definition) is 1. The third kappa shape index (κ3) is 3.80. The third-order valence-corrected chi connectivity index (χ3v) is 5.62. The topological polar surface area (TPSA) is 74.7 Å². The molecule has 1 aromatic carbocycles. The van der Waals surface area contributed by atoms with Gasteiger partial charge in [0.1, 0.15) is 0 Å². The second-order valence-electron chi connectivity index (χ2n) is 4.35. The second kappa shape index (κ2) is 7.19. The van der Waals surface area contributed by atoms with Crippen molar-refractivity contribution in [2.24, 2.45) is 0 Å². The molecule has 0 saturated carbocycles. The summed E-state index contributed by atoms with van der Waals surface area (Å²) in [5.74, 6) is -1.09. The van der Waals surface area contributed by atoms with Crippen LogP contribution in [-0.4, -0.2) is 36.9 Å². The van der Waals surface area contributed by atoms with Gasteiger partial charge in [-0.15, -0.1) is 0 Å². The van der Waals surface area contributed by atoms with Crippen molar-refractivity contribution in [2.75, 3.05) is 13.1 Å². The van der Waals surface area contributed by atoms with E-state index < -0.39 is 16.0 Å². The number of carboxylic acids is 1. The van der Waals surface area contributed by atoms with Crippen LogP contribution in [-0.2, 0) is 10.0 Å². The normalized spacial score (nSPS) is 11.8. The van der Waals surface area contributed by atoms with Crippen molar-refractivity contribution in [2.45, 2.75) is 31.6 Å². The van der Waals surface area contributed by atoms with E-state index >= 15 is 0 Å². The van der Waals surface area contributed by atoms with Gasteiger partial charge in [0.05, 0.1) is 10.5 Å². The van der Waals surface area contributed by atoms with Crippen molar-refractivity contribution < 1.29 is 18.3 Å². The van der Waals surface area contributed by atoms with Gasteiger partial charge in [0.25, 0.3) is 0 Å². The van der Waals surface area contributed by atoms with Crippen molar-refractivity contribution in [3.8, 4) is 0 Å². The summed E-state index contributed by atoms with van der Waals surface area (Å²) in [5.41, 5.74) is 0.0494. The number of hydrogen-bond acceptors (Lipinski definition) is 3. The highest BCUT2D eigenvalue weighted by atomic mass is 79.9. The largest absolute Gasteiger partial charge is 0.478 e. The highest BCUT2D eigenvalue weighted by molar-refractivity contribution is 9.10. The molecule has 1 rings (SSSR count). The summed E-state index contributed by atoms with van der Waals surface area (Å²) in [6.45, 7) is 4.73. The van der Waals surface area contributed by atoms with Gasteiger partial charge in [-0.25, -0.2) is 13.2 Å². The molecule has 0 aliphatic rings. The Morgan fingerprint density at radius 2 is 1.80 bits per heavy atom. The molecule has 0 aliphatic carbocycles. The zero-order valence-electron chi connectivity index (χ0n) is 11.5. The molecule has 0 atom stereocenters.